The van der Waals surface area contributed by atoms with E-state index in [1.165, 1.54) is 17.0 Å². The molecular formula is C12H14F3N3O. The fourth-order valence-electron chi connectivity index (χ4n) is 1.67. The number of carbonyl (C=O) groups excluding carboxylic acids is 1. The molecule has 2 rings (SSSR count). The Kier molecular flexibility index (Phi) is 3.66. The molecule has 1 aromatic carbocycles. The lowest BCUT2D eigenvalue weighted by atomic mass is 10.1. The van der Waals surface area contributed by atoms with Gasteiger partial charge in [0.15, 0.2) is 0 Å². The van der Waals surface area contributed by atoms with Crippen LogP contribution >= 0.6 is 0 Å². The van der Waals surface area contributed by atoms with Crippen LogP contribution in [0.5, 0.6) is 0 Å². The van der Waals surface area contributed by atoms with Gasteiger partial charge in [-0.25, -0.2) is 4.79 Å². The minimum atomic E-state index is -4.36. The summed E-state index contributed by atoms with van der Waals surface area (Å²) in [6.45, 7) is 1.47. The fraction of sp³-hybridized carbons (Fsp3) is 0.417. The number of benzene rings is 1. The molecule has 0 saturated carbocycles. The van der Waals surface area contributed by atoms with E-state index in [-0.39, 0.29) is 12.1 Å². The number of nitrogens with zero attached hydrogens (tertiary/aromatic N) is 1. The van der Waals surface area contributed by atoms with Crippen molar-refractivity contribution in [3.8, 4) is 0 Å². The first-order chi connectivity index (χ1) is 8.88. The topological polar surface area (TPSA) is 44.4 Å². The zero-order valence-corrected chi connectivity index (χ0v) is 10.3. The highest BCUT2D eigenvalue weighted by Crippen LogP contribution is 2.29. The van der Waals surface area contributed by atoms with E-state index < -0.39 is 11.7 Å². The van der Waals surface area contributed by atoms with Gasteiger partial charge in [-0.2, -0.15) is 13.2 Å². The van der Waals surface area contributed by atoms with E-state index in [1.807, 2.05) is 0 Å². The molecule has 0 aromatic heterocycles. The molecule has 7 heteroatoms. The van der Waals surface area contributed by atoms with Crippen LogP contribution in [0.4, 0.5) is 23.7 Å². The summed E-state index contributed by atoms with van der Waals surface area (Å²) in [5.41, 5.74) is -0.390. The highest BCUT2D eigenvalue weighted by atomic mass is 19.4. The summed E-state index contributed by atoms with van der Waals surface area (Å²) >= 11 is 0. The van der Waals surface area contributed by atoms with E-state index in [1.54, 1.807) is 7.05 Å². The molecule has 1 heterocycles. The molecule has 1 fully saturated rings. The number of rotatable bonds is 2. The van der Waals surface area contributed by atoms with Gasteiger partial charge in [-0.3, -0.25) is 0 Å². The largest absolute Gasteiger partial charge is 0.416 e. The number of halogens is 3. The quantitative estimate of drug-likeness (QED) is 0.867. The second kappa shape index (κ2) is 5.08. The average molecular weight is 273 g/mol. The van der Waals surface area contributed by atoms with Gasteiger partial charge < -0.3 is 15.5 Å². The molecule has 0 unspecified atom stereocenters. The number of nitrogens with one attached hydrogen (secondary N) is 2. The molecule has 19 heavy (non-hydrogen) atoms. The standard InChI is InChI=1S/C12H14F3N3O/c1-18(10-6-16-7-10)11(19)17-9-4-2-8(3-5-9)12(13,14)15/h2-5,10,16H,6-7H2,1H3,(H,17,19). The lowest BCUT2D eigenvalue weighted by Gasteiger charge is -2.35. The van der Waals surface area contributed by atoms with E-state index in [9.17, 15) is 18.0 Å². The molecule has 1 saturated heterocycles. The highest BCUT2D eigenvalue weighted by Gasteiger charge is 2.30. The van der Waals surface area contributed by atoms with Crippen LogP contribution in [0.3, 0.4) is 0 Å². The summed E-state index contributed by atoms with van der Waals surface area (Å²) in [7, 11) is 1.66. The van der Waals surface area contributed by atoms with Gasteiger partial charge >= 0.3 is 12.2 Å². The van der Waals surface area contributed by atoms with Gasteiger partial charge in [0.25, 0.3) is 0 Å². The van der Waals surface area contributed by atoms with Crippen LogP contribution in [0.15, 0.2) is 24.3 Å². The number of hydrogen-bond acceptors (Lipinski definition) is 2. The Morgan fingerprint density at radius 1 is 1.32 bits per heavy atom. The second-order valence-corrected chi connectivity index (χ2v) is 4.43. The van der Waals surface area contributed by atoms with Crippen LogP contribution < -0.4 is 10.6 Å². The SMILES string of the molecule is CN(C(=O)Nc1ccc(C(F)(F)F)cc1)C1CNC1. The molecule has 104 valence electrons. The maximum atomic E-state index is 12.4. The number of urea groups is 1. The first-order valence-electron chi connectivity index (χ1n) is 5.80. The number of hydrogen-bond donors (Lipinski definition) is 2. The van der Waals surface area contributed by atoms with Crippen molar-refractivity contribution in [2.75, 3.05) is 25.5 Å². The molecule has 2 N–H and O–H groups in total. The maximum Gasteiger partial charge on any atom is 0.416 e. The third-order valence-corrected chi connectivity index (χ3v) is 3.09. The van der Waals surface area contributed by atoms with Gasteiger partial charge in [-0.1, -0.05) is 0 Å². The highest BCUT2D eigenvalue weighted by molar-refractivity contribution is 5.89. The number of anilines is 1. The minimum Gasteiger partial charge on any atom is -0.322 e. The molecule has 2 amide bonds. The Morgan fingerprint density at radius 3 is 2.32 bits per heavy atom. The molecule has 1 aliphatic heterocycles. The van der Waals surface area contributed by atoms with Gasteiger partial charge in [0.2, 0.25) is 0 Å². The third kappa shape index (κ3) is 3.17. The van der Waals surface area contributed by atoms with Crippen molar-refractivity contribution in [1.29, 1.82) is 0 Å². The number of amides is 2. The Bertz CT molecular complexity index is 454. The van der Waals surface area contributed by atoms with Gasteiger partial charge in [0.1, 0.15) is 0 Å². The predicted molar refractivity (Wildman–Crippen MR) is 64.9 cm³/mol. The van der Waals surface area contributed by atoms with Crippen LogP contribution in [0.2, 0.25) is 0 Å². The Hall–Kier alpha value is -1.76. The Balaban J connectivity index is 1.97. The fourth-order valence-corrected chi connectivity index (χ4v) is 1.67. The molecule has 0 spiro atoms. The van der Waals surface area contributed by atoms with E-state index >= 15 is 0 Å². The van der Waals surface area contributed by atoms with Crippen molar-refractivity contribution in [2.24, 2.45) is 0 Å². The smallest absolute Gasteiger partial charge is 0.322 e. The van der Waals surface area contributed by atoms with Crippen LogP contribution in [-0.4, -0.2) is 37.1 Å². The van der Waals surface area contributed by atoms with E-state index in [4.69, 9.17) is 0 Å². The van der Waals surface area contributed by atoms with Gasteiger partial charge in [-0.05, 0) is 24.3 Å². The zero-order valence-electron chi connectivity index (χ0n) is 10.3. The maximum absolute atomic E-state index is 12.4. The first-order valence-corrected chi connectivity index (χ1v) is 5.80. The van der Waals surface area contributed by atoms with Crippen molar-refractivity contribution in [1.82, 2.24) is 10.2 Å². The Morgan fingerprint density at radius 2 is 1.89 bits per heavy atom. The van der Waals surface area contributed by atoms with Crippen molar-refractivity contribution in [3.05, 3.63) is 29.8 Å². The molecule has 1 aliphatic rings. The molecule has 0 atom stereocenters. The summed E-state index contributed by atoms with van der Waals surface area (Å²) in [6, 6.07) is 4.18. The van der Waals surface area contributed by atoms with Crippen molar-refractivity contribution >= 4 is 11.7 Å². The van der Waals surface area contributed by atoms with Gasteiger partial charge in [0.05, 0.1) is 11.6 Å². The summed E-state index contributed by atoms with van der Waals surface area (Å²) in [6.07, 6.45) is -4.36. The van der Waals surface area contributed by atoms with E-state index in [0.29, 0.717) is 5.69 Å². The number of likely N-dealkylation sites (N-methyl/N-ethyl adjacent to an activating group) is 1. The summed E-state index contributed by atoms with van der Waals surface area (Å²) in [5, 5.41) is 5.60. The van der Waals surface area contributed by atoms with Gasteiger partial charge in [0, 0.05) is 25.8 Å². The summed E-state index contributed by atoms with van der Waals surface area (Å²) in [4.78, 5) is 13.3. The number of alkyl halides is 3. The third-order valence-electron chi connectivity index (χ3n) is 3.09. The van der Waals surface area contributed by atoms with Crippen LogP contribution in [0, 0.1) is 0 Å². The number of carbonyl (C=O) groups is 1. The van der Waals surface area contributed by atoms with Crippen molar-refractivity contribution in [3.63, 3.8) is 0 Å². The second-order valence-electron chi connectivity index (χ2n) is 4.43. The lowest BCUT2D eigenvalue weighted by molar-refractivity contribution is -0.137. The van der Waals surface area contributed by atoms with Crippen LogP contribution in [0.1, 0.15) is 5.56 Å². The van der Waals surface area contributed by atoms with Crippen LogP contribution in [0.25, 0.3) is 0 Å². The monoisotopic (exact) mass is 273 g/mol. The average Bonchev–Trinajstić information content (AvgIpc) is 2.26. The molecule has 1 aromatic rings. The first kappa shape index (κ1) is 13.7. The lowest BCUT2D eigenvalue weighted by Crippen LogP contribution is -2.58. The van der Waals surface area contributed by atoms with Crippen molar-refractivity contribution < 1.29 is 18.0 Å². The van der Waals surface area contributed by atoms with E-state index in [0.717, 1.165) is 25.2 Å². The molecule has 4 nitrogen and oxygen atoms in total. The molecule has 0 aliphatic carbocycles. The summed E-state index contributed by atoms with van der Waals surface area (Å²) in [5.74, 6) is 0. The minimum absolute atomic E-state index is 0.134. The molecular weight excluding hydrogens is 259 g/mol. The molecule has 0 bridgehead atoms. The predicted octanol–water partition coefficient (Wildman–Crippen LogP) is 2.14. The van der Waals surface area contributed by atoms with Crippen molar-refractivity contribution in [2.45, 2.75) is 12.2 Å². The zero-order chi connectivity index (χ0) is 14.0. The summed E-state index contributed by atoms with van der Waals surface area (Å²) < 4.78 is 37.1. The molecule has 0 radical (unpaired) electrons. The normalized spacial score (nSPS) is 15.8. The Labute approximate surface area is 108 Å². The van der Waals surface area contributed by atoms with Crippen LogP contribution in [-0.2, 0) is 6.18 Å². The van der Waals surface area contributed by atoms with E-state index in [2.05, 4.69) is 10.6 Å². The van der Waals surface area contributed by atoms with Gasteiger partial charge in [-0.15, -0.1) is 0 Å².